The van der Waals surface area contributed by atoms with Crippen LogP contribution in [0.3, 0.4) is 0 Å². The summed E-state index contributed by atoms with van der Waals surface area (Å²) in [6.07, 6.45) is 0. The lowest BCUT2D eigenvalue weighted by atomic mass is 9.98. The van der Waals surface area contributed by atoms with E-state index >= 15 is 0 Å². The fourth-order valence-corrected chi connectivity index (χ4v) is 2.88. The van der Waals surface area contributed by atoms with Crippen molar-refractivity contribution in [1.82, 2.24) is 4.90 Å². The molecule has 1 heterocycles. The largest absolute Gasteiger partial charge is 0.379 e. The topological polar surface area (TPSA) is 38.5 Å². The Balaban J connectivity index is 2.26. The van der Waals surface area contributed by atoms with Crippen LogP contribution in [-0.2, 0) is 4.74 Å². The second-order valence-corrected chi connectivity index (χ2v) is 5.35. The highest BCUT2D eigenvalue weighted by molar-refractivity contribution is 6.30. The van der Waals surface area contributed by atoms with Crippen LogP contribution in [0, 0.1) is 6.92 Å². The van der Waals surface area contributed by atoms with Gasteiger partial charge in [0.05, 0.1) is 13.2 Å². The van der Waals surface area contributed by atoms with E-state index < -0.39 is 0 Å². The summed E-state index contributed by atoms with van der Waals surface area (Å²) in [7, 11) is 0. The van der Waals surface area contributed by atoms with Crippen LogP contribution in [0.4, 0.5) is 0 Å². The van der Waals surface area contributed by atoms with Crippen molar-refractivity contribution in [3.63, 3.8) is 0 Å². The number of ether oxygens (including phenoxy) is 1. The van der Waals surface area contributed by atoms with Crippen molar-refractivity contribution in [1.29, 1.82) is 0 Å². The van der Waals surface area contributed by atoms with Crippen LogP contribution >= 0.6 is 11.6 Å². The van der Waals surface area contributed by atoms with Gasteiger partial charge in [-0.15, -0.1) is 0 Å². The lowest BCUT2D eigenvalue weighted by Crippen LogP contribution is -2.47. The minimum atomic E-state index is 0.251. The molecular weight excluding hydrogens is 248 g/mol. The first-order valence-corrected chi connectivity index (χ1v) is 6.81. The molecule has 0 aromatic heterocycles. The van der Waals surface area contributed by atoms with Crippen molar-refractivity contribution in [3.05, 3.63) is 34.3 Å². The standard InChI is InChI=1S/C14H21ClN2O/c1-10-7-12(15)3-4-13(10)14(8-16)17-5-6-18-9-11(17)2/h3-4,7,11,14H,5-6,8-9,16H2,1-2H3. The predicted molar refractivity (Wildman–Crippen MR) is 75.0 cm³/mol. The summed E-state index contributed by atoms with van der Waals surface area (Å²) in [6.45, 7) is 7.40. The van der Waals surface area contributed by atoms with E-state index in [0.29, 0.717) is 12.6 Å². The van der Waals surface area contributed by atoms with Crippen LogP contribution in [0.15, 0.2) is 18.2 Å². The van der Waals surface area contributed by atoms with E-state index in [1.807, 2.05) is 12.1 Å². The van der Waals surface area contributed by atoms with Crippen molar-refractivity contribution in [2.45, 2.75) is 25.9 Å². The summed E-state index contributed by atoms with van der Waals surface area (Å²) in [5.74, 6) is 0. The lowest BCUT2D eigenvalue weighted by molar-refractivity contribution is -0.0210. The Morgan fingerprint density at radius 1 is 1.56 bits per heavy atom. The van der Waals surface area contributed by atoms with Crippen LogP contribution < -0.4 is 5.73 Å². The molecule has 0 bridgehead atoms. The van der Waals surface area contributed by atoms with Crippen molar-refractivity contribution in [3.8, 4) is 0 Å². The normalized spacial score (nSPS) is 23.0. The number of rotatable bonds is 3. The van der Waals surface area contributed by atoms with E-state index in [1.165, 1.54) is 11.1 Å². The third-order valence-electron chi connectivity index (χ3n) is 3.63. The molecule has 1 aliphatic heterocycles. The van der Waals surface area contributed by atoms with Gasteiger partial charge in [-0.1, -0.05) is 17.7 Å². The summed E-state index contributed by atoms with van der Waals surface area (Å²) in [5.41, 5.74) is 8.47. The minimum absolute atomic E-state index is 0.251. The smallest absolute Gasteiger partial charge is 0.0620 e. The van der Waals surface area contributed by atoms with Gasteiger partial charge in [0, 0.05) is 30.2 Å². The summed E-state index contributed by atoms with van der Waals surface area (Å²) in [4.78, 5) is 2.43. The molecule has 1 saturated heterocycles. The predicted octanol–water partition coefficient (Wildman–Crippen LogP) is 2.37. The van der Waals surface area contributed by atoms with Gasteiger partial charge < -0.3 is 10.5 Å². The van der Waals surface area contributed by atoms with Crippen molar-refractivity contribution < 1.29 is 4.74 Å². The van der Waals surface area contributed by atoms with E-state index in [0.717, 1.165) is 24.8 Å². The number of hydrogen-bond donors (Lipinski definition) is 1. The van der Waals surface area contributed by atoms with Gasteiger partial charge in [0.25, 0.3) is 0 Å². The Labute approximate surface area is 114 Å². The highest BCUT2D eigenvalue weighted by Crippen LogP contribution is 2.28. The molecule has 0 radical (unpaired) electrons. The lowest BCUT2D eigenvalue weighted by Gasteiger charge is -2.39. The second kappa shape index (κ2) is 6.02. The minimum Gasteiger partial charge on any atom is -0.379 e. The Morgan fingerprint density at radius 3 is 2.94 bits per heavy atom. The maximum atomic E-state index is 6.01. The van der Waals surface area contributed by atoms with Gasteiger partial charge in [0.1, 0.15) is 0 Å². The highest BCUT2D eigenvalue weighted by Gasteiger charge is 2.27. The zero-order valence-corrected chi connectivity index (χ0v) is 11.8. The molecule has 2 N–H and O–H groups in total. The van der Waals surface area contributed by atoms with Crippen molar-refractivity contribution >= 4 is 11.6 Å². The van der Waals surface area contributed by atoms with Gasteiger partial charge in [-0.2, -0.15) is 0 Å². The Bertz CT molecular complexity index is 411. The number of nitrogens with zero attached hydrogens (tertiary/aromatic N) is 1. The van der Waals surface area contributed by atoms with Gasteiger partial charge >= 0.3 is 0 Å². The van der Waals surface area contributed by atoms with Gasteiger partial charge in [-0.05, 0) is 37.1 Å². The molecule has 2 rings (SSSR count). The number of hydrogen-bond acceptors (Lipinski definition) is 3. The van der Waals surface area contributed by atoms with Crippen LogP contribution in [0.1, 0.15) is 24.1 Å². The van der Waals surface area contributed by atoms with Gasteiger partial charge in [0.15, 0.2) is 0 Å². The number of aryl methyl sites for hydroxylation is 1. The first-order valence-electron chi connectivity index (χ1n) is 6.43. The molecule has 0 aliphatic carbocycles. The molecule has 4 heteroatoms. The molecule has 0 saturated carbocycles. The Kier molecular flexibility index (Phi) is 4.62. The fourth-order valence-electron chi connectivity index (χ4n) is 2.66. The van der Waals surface area contributed by atoms with Gasteiger partial charge in [-0.3, -0.25) is 4.90 Å². The molecule has 0 amide bonds. The van der Waals surface area contributed by atoms with Gasteiger partial charge in [0.2, 0.25) is 0 Å². The highest BCUT2D eigenvalue weighted by atomic mass is 35.5. The summed E-state index contributed by atoms with van der Waals surface area (Å²) < 4.78 is 5.49. The number of nitrogens with two attached hydrogens (primary N) is 1. The maximum absolute atomic E-state index is 6.01. The third kappa shape index (κ3) is 2.86. The quantitative estimate of drug-likeness (QED) is 0.915. The molecule has 1 aromatic rings. The van der Waals surface area contributed by atoms with Gasteiger partial charge in [-0.25, -0.2) is 0 Å². The fraction of sp³-hybridized carbons (Fsp3) is 0.571. The monoisotopic (exact) mass is 268 g/mol. The number of benzene rings is 1. The summed E-state index contributed by atoms with van der Waals surface area (Å²) >= 11 is 6.01. The van der Waals surface area contributed by atoms with Crippen LogP contribution in [0.25, 0.3) is 0 Å². The maximum Gasteiger partial charge on any atom is 0.0620 e. The first kappa shape index (κ1) is 13.8. The number of morpholine rings is 1. The zero-order valence-electron chi connectivity index (χ0n) is 11.0. The van der Waals surface area contributed by atoms with Crippen LogP contribution in [0.2, 0.25) is 5.02 Å². The SMILES string of the molecule is Cc1cc(Cl)ccc1C(CN)N1CCOCC1C. The zero-order chi connectivity index (χ0) is 13.1. The van der Waals surface area contributed by atoms with E-state index in [4.69, 9.17) is 22.1 Å². The van der Waals surface area contributed by atoms with E-state index in [1.54, 1.807) is 0 Å². The Hall–Kier alpha value is -0.610. The molecule has 1 aromatic carbocycles. The molecule has 100 valence electrons. The average Bonchev–Trinajstić information content (AvgIpc) is 2.34. The number of halogens is 1. The average molecular weight is 269 g/mol. The van der Waals surface area contributed by atoms with Crippen LogP contribution in [0.5, 0.6) is 0 Å². The summed E-state index contributed by atoms with van der Waals surface area (Å²) in [6, 6.07) is 6.70. The molecular formula is C14H21ClN2O. The van der Waals surface area contributed by atoms with E-state index in [9.17, 15) is 0 Å². The van der Waals surface area contributed by atoms with E-state index in [-0.39, 0.29) is 6.04 Å². The molecule has 1 aliphatic rings. The van der Waals surface area contributed by atoms with Crippen LogP contribution in [-0.4, -0.2) is 37.2 Å². The molecule has 3 nitrogen and oxygen atoms in total. The van der Waals surface area contributed by atoms with Crippen molar-refractivity contribution in [2.75, 3.05) is 26.3 Å². The summed E-state index contributed by atoms with van der Waals surface area (Å²) in [5, 5.41) is 0.780. The second-order valence-electron chi connectivity index (χ2n) is 4.91. The molecule has 18 heavy (non-hydrogen) atoms. The van der Waals surface area contributed by atoms with Crippen molar-refractivity contribution in [2.24, 2.45) is 5.73 Å². The third-order valence-corrected chi connectivity index (χ3v) is 3.87. The molecule has 2 atom stereocenters. The molecule has 0 spiro atoms. The molecule has 2 unspecified atom stereocenters. The molecule has 1 fully saturated rings. The first-order chi connectivity index (χ1) is 8.63. The Morgan fingerprint density at radius 2 is 2.33 bits per heavy atom. The van der Waals surface area contributed by atoms with E-state index in [2.05, 4.69) is 24.8 Å².